The lowest BCUT2D eigenvalue weighted by molar-refractivity contribution is -0.116. The first kappa shape index (κ1) is 20.0. The molecule has 0 aliphatic carbocycles. The molecule has 6 heteroatoms. The lowest BCUT2D eigenvalue weighted by Gasteiger charge is -2.06. The average Bonchev–Trinajstić information content (AvgIpc) is 3.14. The van der Waals surface area contributed by atoms with Crippen LogP contribution in [0.25, 0.3) is 11.3 Å². The van der Waals surface area contributed by atoms with Crippen molar-refractivity contribution >= 4 is 33.8 Å². The van der Waals surface area contributed by atoms with Crippen molar-refractivity contribution in [2.45, 2.75) is 39.0 Å². The molecule has 4 nitrogen and oxygen atoms in total. The largest absolute Gasteiger partial charge is 0.331 e. The van der Waals surface area contributed by atoms with E-state index >= 15 is 0 Å². The molecule has 0 spiro atoms. The first-order valence-corrected chi connectivity index (χ1v) is 10.4. The van der Waals surface area contributed by atoms with Gasteiger partial charge in [-0.3, -0.25) is 4.79 Å². The van der Waals surface area contributed by atoms with Crippen LogP contribution < -0.4 is 10.6 Å². The summed E-state index contributed by atoms with van der Waals surface area (Å²) in [6, 6.07) is 13.9. The molecule has 0 fully saturated rings. The van der Waals surface area contributed by atoms with Crippen molar-refractivity contribution < 1.29 is 9.18 Å². The van der Waals surface area contributed by atoms with Crippen LogP contribution in [0.3, 0.4) is 0 Å². The monoisotopic (exact) mass is 397 g/mol. The fraction of sp³-hybridized carbons (Fsp3) is 0.273. The third-order valence-electron chi connectivity index (χ3n) is 4.30. The minimum absolute atomic E-state index is 0.0547. The van der Waals surface area contributed by atoms with Crippen molar-refractivity contribution in [1.29, 1.82) is 0 Å². The van der Waals surface area contributed by atoms with Gasteiger partial charge in [-0.2, -0.15) is 0 Å². The first-order valence-electron chi connectivity index (χ1n) is 9.52. The molecule has 2 aromatic carbocycles. The standard InChI is InChI=1S/C22H24FN3OS/c1-2-3-4-5-9-21(27)24-18-12-10-16(11-13-18)20-15-28-22(26-20)25-19-8-6-7-17(23)14-19/h6-8,10-15H,2-5,9H2,1H3,(H,24,27)(H,25,26). The second-order valence-corrected chi connectivity index (χ2v) is 7.47. The summed E-state index contributed by atoms with van der Waals surface area (Å²) in [6.07, 6.45) is 4.92. The summed E-state index contributed by atoms with van der Waals surface area (Å²) < 4.78 is 13.3. The van der Waals surface area contributed by atoms with Crippen LogP contribution in [0.2, 0.25) is 0 Å². The number of hydrogen-bond acceptors (Lipinski definition) is 4. The van der Waals surface area contributed by atoms with E-state index in [-0.39, 0.29) is 11.7 Å². The van der Waals surface area contributed by atoms with Crippen molar-refractivity contribution in [3.05, 3.63) is 59.7 Å². The maximum atomic E-state index is 13.3. The molecule has 0 bridgehead atoms. The van der Waals surface area contributed by atoms with Gasteiger partial charge >= 0.3 is 0 Å². The van der Waals surface area contributed by atoms with Gasteiger partial charge in [-0.1, -0.05) is 44.4 Å². The predicted octanol–water partition coefficient (Wildman–Crippen LogP) is 6.60. The fourth-order valence-corrected chi connectivity index (χ4v) is 3.55. The minimum Gasteiger partial charge on any atom is -0.331 e. The summed E-state index contributed by atoms with van der Waals surface area (Å²) in [5.74, 6) is -0.233. The number of anilines is 3. The van der Waals surface area contributed by atoms with Gasteiger partial charge in [0, 0.05) is 28.7 Å². The van der Waals surface area contributed by atoms with Crippen LogP contribution in [0.5, 0.6) is 0 Å². The van der Waals surface area contributed by atoms with E-state index in [1.54, 1.807) is 12.1 Å². The van der Waals surface area contributed by atoms with Crippen molar-refractivity contribution in [2.75, 3.05) is 10.6 Å². The van der Waals surface area contributed by atoms with Crippen LogP contribution in [0.15, 0.2) is 53.9 Å². The summed E-state index contributed by atoms with van der Waals surface area (Å²) in [7, 11) is 0. The number of aromatic nitrogens is 1. The molecule has 0 atom stereocenters. The fourth-order valence-electron chi connectivity index (χ4n) is 2.81. The molecule has 2 N–H and O–H groups in total. The van der Waals surface area contributed by atoms with Crippen LogP contribution in [0.4, 0.5) is 20.9 Å². The lowest BCUT2D eigenvalue weighted by atomic mass is 10.1. The molecule has 146 valence electrons. The number of nitrogens with one attached hydrogen (secondary N) is 2. The van der Waals surface area contributed by atoms with Gasteiger partial charge in [0.25, 0.3) is 0 Å². The van der Waals surface area contributed by atoms with Gasteiger partial charge in [-0.15, -0.1) is 11.3 Å². The molecule has 28 heavy (non-hydrogen) atoms. The molecule has 3 rings (SSSR count). The molecule has 1 amide bonds. The highest BCUT2D eigenvalue weighted by Gasteiger charge is 2.07. The maximum Gasteiger partial charge on any atom is 0.224 e. The van der Waals surface area contributed by atoms with Gasteiger partial charge in [0.2, 0.25) is 5.91 Å². The Hall–Kier alpha value is -2.73. The van der Waals surface area contributed by atoms with Gasteiger partial charge in [-0.25, -0.2) is 9.37 Å². The van der Waals surface area contributed by atoms with E-state index in [1.165, 1.54) is 36.3 Å². The topological polar surface area (TPSA) is 54.0 Å². The second kappa shape index (κ2) is 9.99. The second-order valence-electron chi connectivity index (χ2n) is 6.61. The lowest BCUT2D eigenvalue weighted by Crippen LogP contribution is -2.10. The van der Waals surface area contributed by atoms with Crippen LogP contribution in [-0.2, 0) is 4.79 Å². The number of carbonyl (C=O) groups is 1. The quantitative estimate of drug-likeness (QED) is 0.400. The number of thiazole rings is 1. The van der Waals surface area contributed by atoms with E-state index in [2.05, 4.69) is 22.5 Å². The van der Waals surface area contributed by atoms with Crippen molar-refractivity contribution in [2.24, 2.45) is 0 Å². The van der Waals surface area contributed by atoms with Crippen molar-refractivity contribution in [1.82, 2.24) is 4.98 Å². The number of halogens is 1. The van der Waals surface area contributed by atoms with Crippen molar-refractivity contribution in [3.8, 4) is 11.3 Å². The number of amides is 1. The summed E-state index contributed by atoms with van der Waals surface area (Å²) in [5.41, 5.74) is 3.25. The number of benzene rings is 2. The highest BCUT2D eigenvalue weighted by molar-refractivity contribution is 7.14. The molecule has 0 aliphatic heterocycles. The highest BCUT2D eigenvalue weighted by atomic mass is 32.1. The minimum atomic E-state index is -0.287. The molecule has 0 unspecified atom stereocenters. The number of carbonyl (C=O) groups excluding carboxylic acids is 1. The Morgan fingerprint density at radius 1 is 1.07 bits per heavy atom. The van der Waals surface area contributed by atoms with Crippen LogP contribution in [0.1, 0.15) is 39.0 Å². The molecule has 1 aromatic heterocycles. The molecule has 3 aromatic rings. The first-order chi connectivity index (χ1) is 13.6. The average molecular weight is 398 g/mol. The smallest absolute Gasteiger partial charge is 0.224 e. The maximum absolute atomic E-state index is 13.3. The van der Waals surface area contributed by atoms with E-state index in [9.17, 15) is 9.18 Å². The molecule has 0 radical (unpaired) electrons. The molecular formula is C22H24FN3OS. The Kier molecular flexibility index (Phi) is 7.14. The van der Waals surface area contributed by atoms with Gasteiger partial charge in [0.1, 0.15) is 5.82 Å². The predicted molar refractivity (Wildman–Crippen MR) is 115 cm³/mol. The number of hydrogen-bond donors (Lipinski definition) is 2. The zero-order chi connectivity index (χ0) is 19.8. The zero-order valence-electron chi connectivity index (χ0n) is 15.9. The van der Waals surface area contributed by atoms with Crippen molar-refractivity contribution in [3.63, 3.8) is 0 Å². The third-order valence-corrected chi connectivity index (χ3v) is 5.06. The number of nitrogens with zero attached hydrogens (tertiary/aromatic N) is 1. The van der Waals surface area contributed by atoms with Crippen LogP contribution in [0, 0.1) is 5.82 Å². The SMILES string of the molecule is CCCCCCC(=O)Nc1ccc(-c2csc(Nc3cccc(F)c3)n2)cc1. The molecule has 0 saturated carbocycles. The Morgan fingerprint density at radius 2 is 1.89 bits per heavy atom. The summed E-state index contributed by atoms with van der Waals surface area (Å²) in [6.45, 7) is 2.16. The summed E-state index contributed by atoms with van der Waals surface area (Å²) in [5, 5.41) is 8.69. The van der Waals surface area contributed by atoms with Gasteiger partial charge in [0.15, 0.2) is 5.13 Å². The Balaban J connectivity index is 1.56. The molecule has 0 aliphatic rings. The Labute approximate surface area is 168 Å². The highest BCUT2D eigenvalue weighted by Crippen LogP contribution is 2.28. The molecule has 0 saturated heterocycles. The molecule has 1 heterocycles. The molecular weight excluding hydrogens is 373 g/mol. The van der Waals surface area contributed by atoms with Gasteiger partial charge in [-0.05, 0) is 36.8 Å². The Morgan fingerprint density at radius 3 is 2.64 bits per heavy atom. The van der Waals surface area contributed by atoms with E-state index < -0.39 is 0 Å². The van der Waals surface area contributed by atoms with Gasteiger partial charge in [0.05, 0.1) is 5.69 Å². The van der Waals surface area contributed by atoms with E-state index in [1.807, 2.05) is 29.6 Å². The zero-order valence-corrected chi connectivity index (χ0v) is 16.7. The normalized spacial score (nSPS) is 10.6. The number of rotatable bonds is 9. The van der Waals surface area contributed by atoms with E-state index in [4.69, 9.17) is 0 Å². The summed E-state index contributed by atoms with van der Waals surface area (Å²) >= 11 is 1.46. The Bertz CT molecular complexity index is 908. The third kappa shape index (κ3) is 5.89. The van der Waals surface area contributed by atoms with E-state index in [0.717, 1.165) is 29.8 Å². The van der Waals surface area contributed by atoms with Gasteiger partial charge < -0.3 is 10.6 Å². The summed E-state index contributed by atoms with van der Waals surface area (Å²) in [4.78, 5) is 16.5. The number of unbranched alkanes of at least 4 members (excludes halogenated alkanes) is 3. The van der Waals surface area contributed by atoms with E-state index in [0.29, 0.717) is 17.2 Å². The van der Waals surface area contributed by atoms with Crippen LogP contribution in [-0.4, -0.2) is 10.9 Å². The van der Waals surface area contributed by atoms with Crippen LogP contribution >= 0.6 is 11.3 Å².